The molecule has 0 N–H and O–H groups in total. The summed E-state index contributed by atoms with van der Waals surface area (Å²) in [6.45, 7) is 14.5. The molecular formula is C36H46Br2S5Si. The highest BCUT2D eigenvalue weighted by molar-refractivity contribution is 9.11. The van der Waals surface area contributed by atoms with Gasteiger partial charge < -0.3 is 0 Å². The standard InChI is InChI=1S/C36H46Br2S5Si/c1-7-8-9-10-11-12-13-14-15-24-18-27(37)30(39-24)19-25-21-32-33(40-25)22-26(41-32)20-31-28(38)23-34(42-31)29-16-17-35(43-29)44(5,6)36(2,3)4/h16-18,21-23H,7-15,19-20H2,1-6H3. The molecule has 0 aliphatic carbocycles. The van der Waals surface area contributed by atoms with Gasteiger partial charge in [-0.25, -0.2) is 0 Å². The van der Waals surface area contributed by atoms with Gasteiger partial charge in [0, 0.05) is 65.3 Å². The first kappa shape index (κ1) is 35.2. The lowest BCUT2D eigenvalue weighted by Crippen LogP contribution is -2.47. The van der Waals surface area contributed by atoms with Crippen molar-refractivity contribution in [3.05, 3.63) is 69.7 Å². The van der Waals surface area contributed by atoms with Gasteiger partial charge in [-0.3, -0.25) is 0 Å². The van der Waals surface area contributed by atoms with E-state index in [1.807, 2.05) is 56.7 Å². The average molecular weight is 827 g/mol. The van der Waals surface area contributed by atoms with Gasteiger partial charge in [0.2, 0.25) is 0 Å². The lowest BCUT2D eigenvalue weighted by atomic mass is 10.1. The predicted octanol–water partition coefficient (Wildman–Crippen LogP) is 14.9. The minimum Gasteiger partial charge on any atom is -0.144 e. The highest BCUT2D eigenvalue weighted by Crippen LogP contribution is 2.43. The Morgan fingerprint density at radius 3 is 1.80 bits per heavy atom. The minimum atomic E-state index is -1.50. The summed E-state index contributed by atoms with van der Waals surface area (Å²) in [5.41, 5.74) is 0. The number of hydrogen-bond donors (Lipinski definition) is 0. The van der Waals surface area contributed by atoms with Crippen LogP contribution in [0.25, 0.3) is 19.2 Å². The second kappa shape index (κ2) is 15.4. The zero-order valence-corrected chi connectivity index (χ0v) is 35.3. The van der Waals surface area contributed by atoms with Gasteiger partial charge in [0.15, 0.2) is 0 Å². The number of halogens is 2. The fraction of sp³-hybridized carbons (Fsp3) is 0.500. The van der Waals surface area contributed by atoms with Crippen molar-refractivity contribution in [2.45, 2.75) is 116 Å². The van der Waals surface area contributed by atoms with Gasteiger partial charge >= 0.3 is 0 Å². The van der Waals surface area contributed by atoms with Gasteiger partial charge in [-0.1, -0.05) is 91.8 Å². The first-order valence-electron chi connectivity index (χ1n) is 16.1. The molecular weight excluding hydrogens is 781 g/mol. The molecule has 0 aliphatic heterocycles. The summed E-state index contributed by atoms with van der Waals surface area (Å²) in [5, 5.41) is 0.359. The van der Waals surface area contributed by atoms with E-state index in [9.17, 15) is 0 Å². The number of fused-ring (bicyclic) bond motifs is 1. The third kappa shape index (κ3) is 8.69. The highest BCUT2D eigenvalue weighted by atomic mass is 79.9. The van der Waals surface area contributed by atoms with Crippen LogP contribution >= 0.6 is 88.5 Å². The van der Waals surface area contributed by atoms with E-state index in [1.165, 1.54) is 110 Å². The van der Waals surface area contributed by atoms with Gasteiger partial charge in [-0.05, 0) is 84.6 Å². The van der Waals surface area contributed by atoms with Crippen LogP contribution in [0.1, 0.15) is 103 Å². The molecule has 44 heavy (non-hydrogen) atoms. The van der Waals surface area contributed by atoms with Crippen LogP contribution in [0.4, 0.5) is 0 Å². The maximum atomic E-state index is 3.90. The zero-order valence-electron chi connectivity index (χ0n) is 27.0. The van der Waals surface area contributed by atoms with Crippen molar-refractivity contribution in [2.24, 2.45) is 0 Å². The van der Waals surface area contributed by atoms with E-state index in [1.54, 1.807) is 4.50 Å². The van der Waals surface area contributed by atoms with Crippen molar-refractivity contribution in [2.75, 3.05) is 0 Å². The van der Waals surface area contributed by atoms with Crippen molar-refractivity contribution in [3.63, 3.8) is 0 Å². The second-order valence-corrected chi connectivity index (χ2v) is 26.8. The molecule has 0 amide bonds. The Morgan fingerprint density at radius 2 is 1.18 bits per heavy atom. The van der Waals surface area contributed by atoms with Gasteiger partial charge in [0.05, 0.1) is 8.07 Å². The molecule has 0 atom stereocenters. The lowest BCUT2D eigenvalue weighted by molar-refractivity contribution is 0.576. The number of thiophene rings is 5. The summed E-state index contributed by atoms with van der Waals surface area (Å²) < 4.78 is 7.04. The zero-order chi connectivity index (χ0) is 31.5. The summed E-state index contributed by atoms with van der Waals surface area (Å²) in [5.74, 6) is 0. The Hall–Kier alpha value is -0.0631. The topological polar surface area (TPSA) is 0 Å². The fourth-order valence-corrected chi connectivity index (χ4v) is 16.2. The van der Waals surface area contributed by atoms with Crippen molar-refractivity contribution < 1.29 is 0 Å². The summed E-state index contributed by atoms with van der Waals surface area (Å²) in [7, 11) is -1.50. The van der Waals surface area contributed by atoms with Crippen LogP contribution in [0.15, 0.2) is 45.3 Å². The molecule has 8 heteroatoms. The van der Waals surface area contributed by atoms with Crippen LogP contribution < -0.4 is 4.50 Å². The van der Waals surface area contributed by atoms with Crippen LogP contribution in [0.5, 0.6) is 0 Å². The second-order valence-electron chi connectivity index (χ2n) is 13.6. The third-order valence-corrected chi connectivity index (χ3v) is 23.8. The number of aryl methyl sites for hydroxylation is 1. The molecule has 0 saturated heterocycles. The smallest absolute Gasteiger partial charge is 0.0987 e. The van der Waals surface area contributed by atoms with Gasteiger partial charge in [0.1, 0.15) is 0 Å². The molecule has 0 bridgehead atoms. The molecule has 5 aromatic rings. The van der Waals surface area contributed by atoms with E-state index in [-0.39, 0.29) is 0 Å². The predicted molar refractivity (Wildman–Crippen MR) is 216 cm³/mol. The quantitative estimate of drug-likeness (QED) is 0.0729. The number of hydrogen-bond acceptors (Lipinski definition) is 5. The van der Waals surface area contributed by atoms with E-state index in [0.717, 1.165) is 12.8 Å². The van der Waals surface area contributed by atoms with Gasteiger partial charge in [-0.15, -0.1) is 56.7 Å². The third-order valence-electron chi connectivity index (χ3n) is 9.16. The molecule has 5 heterocycles. The summed E-state index contributed by atoms with van der Waals surface area (Å²) in [6, 6.07) is 14.4. The normalized spacial score (nSPS) is 12.6. The molecule has 238 valence electrons. The number of rotatable bonds is 15. The first-order chi connectivity index (χ1) is 20.9. The molecule has 0 fully saturated rings. The lowest BCUT2D eigenvalue weighted by Gasteiger charge is -2.35. The van der Waals surface area contributed by atoms with Crippen LogP contribution in [0.3, 0.4) is 0 Å². The summed E-state index contributed by atoms with van der Waals surface area (Å²) in [6.07, 6.45) is 14.4. The van der Waals surface area contributed by atoms with Crippen molar-refractivity contribution in [3.8, 4) is 9.75 Å². The van der Waals surface area contributed by atoms with Crippen molar-refractivity contribution in [1.82, 2.24) is 0 Å². The highest BCUT2D eigenvalue weighted by Gasteiger charge is 2.38. The van der Waals surface area contributed by atoms with Gasteiger partial charge in [0.25, 0.3) is 0 Å². The van der Waals surface area contributed by atoms with Crippen LogP contribution in [-0.4, -0.2) is 8.07 Å². The fourth-order valence-electron chi connectivity index (χ4n) is 5.39. The van der Waals surface area contributed by atoms with E-state index in [4.69, 9.17) is 0 Å². The number of unbranched alkanes of at least 4 members (excludes halogenated alkanes) is 7. The van der Waals surface area contributed by atoms with E-state index in [0.29, 0.717) is 5.04 Å². The maximum absolute atomic E-state index is 3.90. The summed E-state index contributed by atoms with van der Waals surface area (Å²) in [4.78, 5) is 10.2. The largest absolute Gasteiger partial charge is 0.144 e. The SMILES string of the molecule is CCCCCCCCCCc1cc(Br)c(Cc2cc3sc(Cc4sc(-c5ccc([Si](C)(C)C(C)(C)C)s5)cc4Br)cc3s2)s1. The van der Waals surface area contributed by atoms with Crippen molar-refractivity contribution >= 4 is 111 Å². The molecule has 0 unspecified atom stereocenters. The maximum Gasteiger partial charge on any atom is 0.0987 e. The van der Waals surface area contributed by atoms with Crippen molar-refractivity contribution in [1.29, 1.82) is 0 Å². The molecule has 0 radical (unpaired) electrons. The molecule has 0 spiro atoms. The first-order valence-corrected chi connectivity index (χ1v) is 24.8. The Morgan fingerprint density at radius 1 is 0.614 bits per heavy atom. The average Bonchev–Trinajstić information content (AvgIpc) is 3.77. The Labute approximate surface area is 303 Å². The molecule has 5 rings (SSSR count). The van der Waals surface area contributed by atoms with Gasteiger partial charge in [-0.2, -0.15) is 0 Å². The molecule has 0 aromatic carbocycles. The molecule has 5 aromatic heterocycles. The minimum absolute atomic E-state index is 0.359. The van der Waals surface area contributed by atoms with E-state index >= 15 is 0 Å². The molecule has 0 saturated carbocycles. The van der Waals surface area contributed by atoms with E-state index in [2.05, 4.69) is 109 Å². The molecule has 0 aliphatic rings. The van der Waals surface area contributed by atoms with Crippen LogP contribution in [-0.2, 0) is 19.3 Å². The Kier molecular flexibility index (Phi) is 12.4. The Bertz CT molecular complexity index is 1620. The molecule has 0 nitrogen and oxygen atoms in total. The van der Waals surface area contributed by atoms with Crippen LogP contribution in [0, 0.1) is 0 Å². The monoisotopic (exact) mass is 824 g/mol. The van der Waals surface area contributed by atoms with Crippen LogP contribution in [0.2, 0.25) is 18.1 Å². The Balaban J connectivity index is 1.17. The van der Waals surface area contributed by atoms with E-state index < -0.39 is 8.07 Å². The summed E-state index contributed by atoms with van der Waals surface area (Å²) >= 11 is 17.7.